The fourth-order valence-electron chi connectivity index (χ4n) is 1.22. The number of amidine groups is 1. The smallest absolute Gasteiger partial charge is 0.137 e. The molecule has 0 saturated heterocycles. The van der Waals surface area contributed by atoms with Crippen LogP contribution in [0, 0.1) is 5.41 Å². The fraction of sp³-hybridized carbons (Fsp3) is 0.273. The van der Waals surface area contributed by atoms with Crippen LogP contribution in [-0.4, -0.2) is 10.7 Å². The first-order valence-electron chi connectivity index (χ1n) is 4.33. The van der Waals surface area contributed by atoms with Crippen LogP contribution in [0.5, 0.6) is 0 Å². The summed E-state index contributed by atoms with van der Waals surface area (Å²) in [5, 5.41) is 0. The molecular weight excluding hydrogens is 160 g/mol. The van der Waals surface area contributed by atoms with Gasteiger partial charge in [0.2, 0.25) is 0 Å². The van der Waals surface area contributed by atoms with Crippen LogP contribution in [0.25, 0.3) is 0 Å². The van der Waals surface area contributed by atoms with E-state index in [0.717, 1.165) is 5.84 Å². The summed E-state index contributed by atoms with van der Waals surface area (Å²) in [6.07, 6.45) is 11.9. The van der Waals surface area contributed by atoms with Crippen molar-refractivity contribution in [2.24, 2.45) is 10.4 Å². The maximum absolute atomic E-state index is 4.21. The molecule has 2 nitrogen and oxygen atoms in total. The molecule has 2 heteroatoms. The second-order valence-electron chi connectivity index (χ2n) is 3.79. The van der Waals surface area contributed by atoms with Crippen LogP contribution in [0.4, 0.5) is 0 Å². The van der Waals surface area contributed by atoms with Gasteiger partial charge >= 0.3 is 0 Å². The van der Waals surface area contributed by atoms with Crippen molar-refractivity contribution in [3.63, 3.8) is 0 Å². The van der Waals surface area contributed by atoms with Crippen LogP contribution < -0.4 is 0 Å². The predicted molar refractivity (Wildman–Crippen MR) is 54.0 cm³/mol. The van der Waals surface area contributed by atoms with Crippen LogP contribution >= 0.6 is 0 Å². The van der Waals surface area contributed by atoms with Crippen molar-refractivity contribution < 1.29 is 0 Å². The van der Waals surface area contributed by atoms with Crippen molar-refractivity contribution in [3.05, 3.63) is 42.6 Å². The highest BCUT2D eigenvalue weighted by atomic mass is 15.2. The molecule has 0 aromatic carbocycles. The molecule has 0 atom stereocenters. The summed E-state index contributed by atoms with van der Waals surface area (Å²) in [6, 6.07) is 0. The molecule has 2 aliphatic rings. The lowest BCUT2D eigenvalue weighted by Crippen LogP contribution is -2.17. The number of hydrogen-bond acceptors (Lipinski definition) is 2. The van der Waals surface area contributed by atoms with Gasteiger partial charge in [-0.15, -0.1) is 0 Å². The zero-order valence-electron chi connectivity index (χ0n) is 7.86. The average molecular weight is 172 g/mol. The molecule has 0 amide bonds. The molecule has 2 heterocycles. The molecule has 0 aromatic rings. The first kappa shape index (κ1) is 8.09. The van der Waals surface area contributed by atoms with Gasteiger partial charge in [0.1, 0.15) is 5.84 Å². The minimum Gasteiger partial charge on any atom is -0.302 e. The van der Waals surface area contributed by atoms with Crippen molar-refractivity contribution in [2.45, 2.75) is 13.8 Å². The van der Waals surface area contributed by atoms with Crippen molar-refractivity contribution in [3.8, 4) is 0 Å². The number of nitrogens with zero attached hydrogens (tertiary/aromatic N) is 2. The minimum atomic E-state index is 0.105. The van der Waals surface area contributed by atoms with Crippen molar-refractivity contribution in [2.75, 3.05) is 0 Å². The third-order valence-corrected chi connectivity index (χ3v) is 2.08. The van der Waals surface area contributed by atoms with Crippen LogP contribution in [0.2, 0.25) is 0 Å². The molecule has 0 saturated carbocycles. The minimum absolute atomic E-state index is 0.105. The van der Waals surface area contributed by atoms with E-state index in [2.05, 4.69) is 36.7 Å². The van der Waals surface area contributed by atoms with E-state index in [-0.39, 0.29) is 5.41 Å². The van der Waals surface area contributed by atoms with Gasteiger partial charge in [0.05, 0.1) is 12.4 Å². The zero-order valence-corrected chi connectivity index (χ0v) is 7.86. The maximum Gasteiger partial charge on any atom is 0.137 e. The molecule has 0 radical (unpaired) electrons. The Morgan fingerprint density at radius 3 is 3.08 bits per heavy atom. The van der Waals surface area contributed by atoms with Gasteiger partial charge in [-0.1, -0.05) is 31.7 Å². The topological polar surface area (TPSA) is 15.6 Å². The lowest BCUT2D eigenvalue weighted by atomic mass is 9.93. The van der Waals surface area contributed by atoms with E-state index in [9.17, 15) is 0 Å². The Balaban J connectivity index is 2.41. The van der Waals surface area contributed by atoms with Crippen LogP contribution in [-0.2, 0) is 0 Å². The monoisotopic (exact) mass is 172 g/mol. The molecule has 0 spiro atoms. The van der Waals surface area contributed by atoms with E-state index in [4.69, 9.17) is 0 Å². The number of fused-ring (bicyclic) bond motifs is 1. The van der Waals surface area contributed by atoms with Crippen LogP contribution in [0.15, 0.2) is 47.6 Å². The SMILES string of the molecule is CC1(C)C=CC2=NC=C=CN2C=C1. The van der Waals surface area contributed by atoms with Gasteiger partial charge in [0.25, 0.3) is 0 Å². The van der Waals surface area contributed by atoms with E-state index in [1.165, 1.54) is 0 Å². The van der Waals surface area contributed by atoms with Crippen molar-refractivity contribution in [1.29, 1.82) is 0 Å². The van der Waals surface area contributed by atoms with E-state index in [0.29, 0.717) is 0 Å². The lowest BCUT2D eigenvalue weighted by Gasteiger charge is -2.14. The van der Waals surface area contributed by atoms with Gasteiger partial charge in [-0.3, -0.25) is 0 Å². The average Bonchev–Trinajstić information content (AvgIpc) is 2.27. The molecule has 0 fully saturated rings. The molecule has 2 rings (SSSR count). The summed E-state index contributed by atoms with van der Waals surface area (Å²) >= 11 is 0. The number of hydrogen-bond donors (Lipinski definition) is 0. The Hall–Kier alpha value is -1.53. The van der Waals surface area contributed by atoms with Gasteiger partial charge in [-0.25, -0.2) is 4.99 Å². The zero-order chi connectivity index (χ0) is 9.31. The van der Waals surface area contributed by atoms with Gasteiger partial charge < -0.3 is 4.90 Å². The predicted octanol–water partition coefficient (Wildman–Crippen LogP) is 2.44. The Morgan fingerprint density at radius 1 is 1.38 bits per heavy atom. The van der Waals surface area contributed by atoms with E-state index >= 15 is 0 Å². The Morgan fingerprint density at radius 2 is 2.23 bits per heavy atom. The third-order valence-electron chi connectivity index (χ3n) is 2.08. The first-order chi connectivity index (χ1) is 6.17. The first-order valence-corrected chi connectivity index (χ1v) is 4.33. The summed E-state index contributed by atoms with van der Waals surface area (Å²) in [5.41, 5.74) is 3.05. The molecule has 66 valence electrons. The lowest BCUT2D eigenvalue weighted by molar-refractivity contribution is 0.618. The van der Waals surface area contributed by atoms with E-state index in [1.807, 2.05) is 23.4 Å². The summed E-state index contributed by atoms with van der Waals surface area (Å²) in [6.45, 7) is 4.33. The van der Waals surface area contributed by atoms with Crippen molar-refractivity contribution >= 4 is 5.84 Å². The molecule has 0 N–H and O–H groups in total. The molecule has 2 aliphatic heterocycles. The third kappa shape index (κ3) is 1.63. The quantitative estimate of drug-likeness (QED) is 0.512. The Labute approximate surface area is 78.3 Å². The molecule has 0 unspecified atom stereocenters. The van der Waals surface area contributed by atoms with Crippen LogP contribution in [0.1, 0.15) is 13.8 Å². The normalized spacial score (nSPS) is 22.6. The van der Waals surface area contributed by atoms with Gasteiger partial charge in [0, 0.05) is 11.6 Å². The second-order valence-corrected chi connectivity index (χ2v) is 3.79. The number of rotatable bonds is 0. The number of allylic oxidation sites excluding steroid dienone is 2. The maximum atomic E-state index is 4.21. The summed E-state index contributed by atoms with van der Waals surface area (Å²) in [7, 11) is 0. The van der Waals surface area contributed by atoms with Crippen LogP contribution in [0.3, 0.4) is 0 Å². The second kappa shape index (κ2) is 2.75. The van der Waals surface area contributed by atoms with E-state index < -0.39 is 0 Å². The number of aliphatic imine (C=N–C) groups is 1. The summed E-state index contributed by atoms with van der Waals surface area (Å²) in [5.74, 6) is 0.945. The highest BCUT2D eigenvalue weighted by molar-refractivity contribution is 5.95. The van der Waals surface area contributed by atoms with Gasteiger partial charge in [-0.05, 0) is 6.08 Å². The van der Waals surface area contributed by atoms with Crippen molar-refractivity contribution in [1.82, 2.24) is 4.90 Å². The summed E-state index contributed by atoms with van der Waals surface area (Å²) < 4.78 is 0. The summed E-state index contributed by atoms with van der Waals surface area (Å²) in [4.78, 5) is 6.18. The standard InChI is InChI=1S/C11H12N2/c1-11(2)5-4-10-12-7-3-8-13(10)9-6-11/h4-9H,1-2H3. The van der Waals surface area contributed by atoms with Gasteiger partial charge in [-0.2, -0.15) is 0 Å². The van der Waals surface area contributed by atoms with Gasteiger partial charge in [0.15, 0.2) is 0 Å². The Kier molecular flexibility index (Phi) is 1.71. The highest BCUT2D eigenvalue weighted by Gasteiger charge is 2.15. The molecule has 13 heavy (non-hydrogen) atoms. The molecule has 0 aromatic heterocycles. The largest absolute Gasteiger partial charge is 0.302 e. The highest BCUT2D eigenvalue weighted by Crippen LogP contribution is 2.22. The molecular formula is C11H12N2. The molecule has 0 aliphatic carbocycles. The fourth-order valence-corrected chi connectivity index (χ4v) is 1.22. The molecule has 0 bridgehead atoms. The van der Waals surface area contributed by atoms with E-state index in [1.54, 1.807) is 6.20 Å². The Bertz CT molecular complexity index is 364.